The fraction of sp³-hybridized carbons (Fsp3) is 0.536. The molecule has 5 nitrogen and oxygen atoms in total. The quantitative estimate of drug-likeness (QED) is 0.464. The molecule has 2 aliphatic rings. The maximum atomic E-state index is 12.8. The summed E-state index contributed by atoms with van der Waals surface area (Å²) in [5.41, 5.74) is 2.14. The molecule has 0 unspecified atom stereocenters. The lowest BCUT2D eigenvalue weighted by Crippen LogP contribution is -2.44. The number of carbonyl (C=O) groups is 1. The van der Waals surface area contributed by atoms with Crippen LogP contribution in [0.25, 0.3) is 0 Å². The first-order valence-corrected chi connectivity index (χ1v) is 12.7. The van der Waals surface area contributed by atoms with E-state index in [4.69, 9.17) is 4.74 Å². The minimum absolute atomic E-state index is 0.0143. The maximum Gasteiger partial charge on any atom is 0.573 e. The molecule has 2 aromatic rings. The molecule has 196 valence electrons. The van der Waals surface area contributed by atoms with Crippen molar-refractivity contribution < 1.29 is 27.4 Å². The Hall–Kier alpha value is -2.74. The van der Waals surface area contributed by atoms with Gasteiger partial charge in [-0.1, -0.05) is 44.2 Å². The Morgan fingerprint density at radius 3 is 2.33 bits per heavy atom. The summed E-state index contributed by atoms with van der Waals surface area (Å²) in [5, 5.41) is 0. The van der Waals surface area contributed by atoms with Crippen molar-refractivity contribution in [1.29, 1.82) is 0 Å². The molecule has 4 rings (SSSR count). The summed E-state index contributed by atoms with van der Waals surface area (Å²) in [6.07, 6.45) is -1.47. The van der Waals surface area contributed by atoms with Crippen LogP contribution in [-0.4, -0.2) is 54.9 Å². The number of nitrogens with zero attached hydrogens (tertiary/aromatic N) is 2. The fourth-order valence-corrected chi connectivity index (χ4v) is 5.17. The molecule has 0 atom stereocenters. The zero-order valence-corrected chi connectivity index (χ0v) is 21.0. The Kier molecular flexibility index (Phi) is 8.13. The van der Waals surface area contributed by atoms with Crippen molar-refractivity contribution in [2.24, 2.45) is 11.3 Å². The van der Waals surface area contributed by atoms with Crippen molar-refractivity contribution in [3.05, 3.63) is 59.7 Å². The zero-order chi connectivity index (χ0) is 25.8. The number of halogens is 3. The number of ether oxygens (including phenoxy) is 2. The van der Waals surface area contributed by atoms with E-state index in [1.165, 1.54) is 29.8 Å². The lowest BCUT2D eigenvalue weighted by Gasteiger charge is -2.39. The maximum absolute atomic E-state index is 12.8. The molecule has 36 heavy (non-hydrogen) atoms. The number of amides is 1. The van der Waals surface area contributed by atoms with E-state index >= 15 is 0 Å². The first kappa shape index (κ1) is 26.3. The zero-order valence-electron chi connectivity index (χ0n) is 21.0. The average Bonchev–Trinajstić information content (AvgIpc) is 3.21. The van der Waals surface area contributed by atoms with Gasteiger partial charge in [-0.05, 0) is 60.9 Å². The molecule has 0 bridgehead atoms. The summed E-state index contributed by atoms with van der Waals surface area (Å²) in [4.78, 5) is 17.2. The largest absolute Gasteiger partial charge is 0.573 e. The van der Waals surface area contributed by atoms with Gasteiger partial charge >= 0.3 is 6.36 Å². The third kappa shape index (κ3) is 7.15. The number of likely N-dealkylation sites (tertiary alicyclic amines) is 2. The predicted octanol–water partition coefficient (Wildman–Crippen LogP) is 5.68. The van der Waals surface area contributed by atoms with Gasteiger partial charge in [0, 0.05) is 31.7 Å². The van der Waals surface area contributed by atoms with Crippen LogP contribution in [0.15, 0.2) is 48.5 Å². The second kappa shape index (κ2) is 11.1. The average molecular weight is 505 g/mol. The van der Waals surface area contributed by atoms with Gasteiger partial charge in [0.2, 0.25) is 5.91 Å². The highest BCUT2D eigenvalue weighted by molar-refractivity contribution is 5.79. The van der Waals surface area contributed by atoms with Gasteiger partial charge < -0.3 is 14.4 Å². The molecule has 8 heteroatoms. The van der Waals surface area contributed by atoms with E-state index in [9.17, 15) is 18.0 Å². The van der Waals surface area contributed by atoms with E-state index < -0.39 is 6.36 Å². The number of hydrogen-bond donors (Lipinski definition) is 0. The first-order chi connectivity index (χ1) is 17.1. The van der Waals surface area contributed by atoms with Crippen molar-refractivity contribution in [2.75, 3.05) is 32.8 Å². The van der Waals surface area contributed by atoms with E-state index in [1.807, 2.05) is 17.0 Å². The highest BCUT2D eigenvalue weighted by Crippen LogP contribution is 2.41. The molecule has 2 saturated heterocycles. The number of benzene rings is 2. The summed E-state index contributed by atoms with van der Waals surface area (Å²) in [6.45, 7) is 9.36. The number of carbonyl (C=O) groups excluding carboxylic acids is 1. The minimum Gasteiger partial charge on any atom is -0.493 e. The summed E-state index contributed by atoms with van der Waals surface area (Å²) >= 11 is 0. The Balaban J connectivity index is 1.26. The normalized spacial score (nSPS) is 18.1. The summed E-state index contributed by atoms with van der Waals surface area (Å²) in [6, 6.07) is 13.8. The van der Waals surface area contributed by atoms with Gasteiger partial charge in [0.05, 0.1) is 13.0 Å². The second-order valence-corrected chi connectivity index (χ2v) is 10.5. The van der Waals surface area contributed by atoms with Crippen LogP contribution < -0.4 is 9.47 Å². The molecular weight excluding hydrogens is 469 g/mol. The van der Waals surface area contributed by atoms with Crippen LogP contribution in [0.4, 0.5) is 13.2 Å². The van der Waals surface area contributed by atoms with Crippen LogP contribution in [0.2, 0.25) is 0 Å². The first-order valence-electron chi connectivity index (χ1n) is 12.7. The van der Waals surface area contributed by atoms with Crippen LogP contribution in [0.5, 0.6) is 11.5 Å². The molecule has 0 radical (unpaired) electrons. The number of hydrogen-bond acceptors (Lipinski definition) is 4. The summed E-state index contributed by atoms with van der Waals surface area (Å²) in [5.74, 6) is 1.17. The molecule has 0 aliphatic carbocycles. The molecule has 1 amide bonds. The topological polar surface area (TPSA) is 42.0 Å². The Labute approximate surface area is 211 Å². The number of alkyl halides is 3. The number of rotatable bonds is 8. The van der Waals surface area contributed by atoms with Gasteiger partial charge in [0.15, 0.2) is 0 Å². The van der Waals surface area contributed by atoms with Crippen molar-refractivity contribution in [3.8, 4) is 11.5 Å². The predicted molar refractivity (Wildman–Crippen MR) is 132 cm³/mol. The van der Waals surface area contributed by atoms with Crippen molar-refractivity contribution >= 4 is 5.91 Å². The smallest absolute Gasteiger partial charge is 0.493 e. The molecule has 0 saturated carbocycles. The molecule has 2 aromatic carbocycles. The monoisotopic (exact) mass is 504 g/mol. The van der Waals surface area contributed by atoms with Gasteiger partial charge in [-0.2, -0.15) is 0 Å². The molecule has 0 N–H and O–H groups in total. The van der Waals surface area contributed by atoms with Crippen molar-refractivity contribution in [1.82, 2.24) is 9.80 Å². The van der Waals surface area contributed by atoms with Gasteiger partial charge in [0.25, 0.3) is 0 Å². The van der Waals surface area contributed by atoms with Gasteiger partial charge in [0.1, 0.15) is 11.5 Å². The SMILES string of the molecule is CC(C)COc1ccccc1CN1CCC2(CCN(C(=O)Cc3ccc(OC(F)(F)F)cc3)CC2)C1. The second-order valence-electron chi connectivity index (χ2n) is 10.5. The lowest BCUT2D eigenvalue weighted by molar-refractivity contribution is -0.274. The molecular formula is C28H35F3N2O3. The van der Waals surface area contributed by atoms with Crippen LogP contribution in [0, 0.1) is 11.3 Å². The molecule has 1 spiro atoms. The van der Waals surface area contributed by atoms with E-state index in [0.717, 1.165) is 57.7 Å². The van der Waals surface area contributed by atoms with Gasteiger partial charge in [-0.3, -0.25) is 9.69 Å². The summed E-state index contributed by atoms with van der Waals surface area (Å²) < 4.78 is 46.9. The van der Waals surface area contributed by atoms with E-state index in [1.54, 1.807) is 0 Å². The van der Waals surface area contributed by atoms with Gasteiger partial charge in [-0.15, -0.1) is 13.2 Å². The molecule has 0 aromatic heterocycles. The fourth-order valence-electron chi connectivity index (χ4n) is 5.17. The van der Waals surface area contributed by atoms with Crippen LogP contribution in [-0.2, 0) is 17.8 Å². The van der Waals surface area contributed by atoms with Crippen molar-refractivity contribution in [2.45, 2.75) is 52.4 Å². The highest BCUT2D eigenvalue weighted by Gasteiger charge is 2.41. The Morgan fingerprint density at radius 1 is 1.00 bits per heavy atom. The lowest BCUT2D eigenvalue weighted by atomic mass is 9.77. The van der Waals surface area contributed by atoms with E-state index in [2.05, 4.69) is 35.6 Å². The Morgan fingerprint density at radius 2 is 1.67 bits per heavy atom. The number of para-hydroxylation sites is 1. The molecule has 2 aliphatic heterocycles. The molecule has 2 heterocycles. The van der Waals surface area contributed by atoms with Crippen LogP contribution >= 0.6 is 0 Å². The standard InChI is InChI=1S/C28H35F3N2O3/c1-21(2)19-35-25-6-4-3-5-23(25)18-32-14-11-27(20-32)12-15-33(16-13-27)26(34)17-22-7-9-24(10-8-22)36-28(29,30)31/h3-10,21H,11-20H2,1-2H3. The van der Waals surface area contributed by atoms with Crippen LogP contribution in [0.1, 0.15) is 44.2 Å². The third-order valence-corrected chi connectivity index (χ3v) is 7.15. The molecule has 2 fully saturated rings. The van der Waals surface area contributed by atoms with E-state index in [0.29, 0.717) is 18.1 Å². The van der Waals surface area contributed by atoms with Crippen molar-refractivity contribution in [3.63, 3.8) is 0 Å². The summed E-state index contributed by atoms with van der Waals surface area (Å²) in [7, 11) is 0. The minimum atomic E-state index is -4.72. The van der Waals surface area contributed by atoms with E-state index in [-0.39, 0.29) is 23.5 Å². The van der Waals surface area contributed by atoms with Gasteiger partial charge in [-0.25, -0.2) is 0 Å². The van der Waals surface area contributed by atoms with Crippen LogP contribution in [0.3, 0.4) is 0 Å². The highest BCUT2D eigenvalue weighted by atomic mass is 19.4. The third-order valence-electron chi connectivity index (χ3n) is 7.15. The Bertz CT molecular complexity index is 1020. The number of piperidine rings is 1.